The highest BCUT2D eigenvalue weighted by Crippen LogP contribution is 2.28. The van der Waals surface area contributed by atoms with Crippen LogP contribution in [0.15, 0.2) is 24.7 Å². The van der Waals surface area contributed by atoms with Crippen molar-refractivity contribution in [3.05, 3.63) is 35.9 Å². The highest BCUT2D eigenvalue weighted by Gasteiger charge is 2.34. The minimum atomic E-state index is -4.74. The Morgan fingerprint density at radius 1 is 1.29 bits per heavy atom. The SMILES string of the molecule is CCN(C(=O)c1cnn(CC(F)(F)F)c1C(F)F)c1ccnnc1. The van der Waals surface area contributed by atoms with Crippen molar-refractivity contribution in [3.63, 3.8) is 0 Å². The molecule has 2 aromatic heterocycles. The normalized spacial score (nSPS) is 11.8. The zero-order chi connectivity index (χ0) is 17.9. The van der Waals surface area contributed by atoms with Crippen molar-refractivity contribution in [2.75, 3.05) is 11.4 Å². The minimum Gasteiger partial charge on any atom is -0.307 e. The summed E-state index contributed by atoms with van der Waals surface area (Å²) in [4.78, 5) is 13.6. The van der Waals surface area contributed by atoms with Crippen LogP contribution in [0.2, 0.25) is 0 Å². The molecule has 0 radical (unpaired) electrons. The third-order valence-electron chi connectivity index (χ3n) is 3.09. The van der Waals surface area contributed by atoms with Crippen LogP contribution in [-0.2, 0) is 6.54 Å². The zero-order valence-electron chi connectivity index (χ0n) is 12.3. The Kier molecular flexibility index (Phi) is 5.10. The van der Waals surface area contributed by atoms with Gasteiger partial charge >= 0.3 is 6.18 Å². The third kappa shape index (κ3) is 3.84. The molecule has 2 rings (SSSR count). The van der Waals surface area contributed by atoms with Gasteiger partial charge in [0.25, 0.3) is 12.3 Å². The van der Waals surface area contributed by atoms with E-state index < -0.39 is 36.3 Å². The van der Waals surface area contributed by atoms with Crippen molar-refractivity contribution in [2.45, 2.75) is 26.1 Å². The van der Waals surface area contributed by atoms with Gasteiger partial charge in [0.05, 0.1) is 29.8 Å². The van der Waals surface area contributed by atoms with Crippen molar-refractivity contribution in [3.8, 4) is 0 Å². The quantitative estimate of drug-likeness (QED) is 0.779. The molecule has 11 heteroatoms. The molecule has 0 aliphatic rings. The lowest BCUT2D eigenvalue weighted by Crippen LogP contribution is -2.31. The van der Waals surface area contributed by atoms with Gasteiger partial charge in [-0.3, -0.25) is 9.48 Å². The molecular formula is C13H12F5N5O. The average molecular weight is 349 g/mol. The van der Waals surface area contributed by atoms with Gasteiger partial charge < -0.3 is 4.90 Å². The smallest absolute Gasteiger partial charge is 0.307 e. The Bertz CT molecular complexity index is 701. The summed E-state index contributed by atoms with van der Waals surface area (Å²) in [5.74, 6) is -0.894. The van der Waals surface area contributed by atoms with Crippen LogP contribution in [0.3, 0.4) is 0 Å². The standard InChI is InChI=1S/C13H12F5N5O/c1-2-22(8-3-4-19-20-5-8)12(24)9-6-21-23(7-13(16,17)18)10(9)11(14)15/h3-6,11H,2,7H2,1H3. The summed E-state index contributed by atoms with van der Waals surface area (Å²) in [6.45, 7) is -0.0267. The maximum Gasteiger partial charge on any atom is 0.408 e. The Balaban J connectivity index is 2.42. The number of hydrogen-bond donors (Lipinski definition) is 0. The molecule has 0 N–H and O–H groups in total. The molecule has 0 saturated carbocycles. The van der Waals surface area contributed by atoms with Crippen molar-refractivity contribution in [1.82, 2.24) is 20.0 Å². The number of nitrogens with zero attached hydrogens (tertiary/aromatic N) is 5. The summed E-state index contributed by atoms with van der Waals surface area (Å²) in [6.07, 6.45) is -4.78. The number of alkyl halides is 5. The molecule has 0 aliphatic heterocycles. The molecule has 0 atom stereocenters. The van der Waals surface area contributed by atoms with E-state index in [0.29, 0.717) is 6.20 Å². The van der Waals surface area contributed by atoms with Crippen LogP contribution >= 0.6 is 0 Å². The first-order valence-electron chi connectivity index (χ1n) is 6.73. The molecule has 0 bridgehead atoms. The van der Waals surface area contributed by atoms with Gasteiger partial charge in [0.15, 0.2) is 0 Å². The highest BCUT2D eigenvalue weighted by molar-refractivity contribution is 6.06. The maximum absolute atomic E-state index is 13.2. The monoisotopic (exact) mass is 349 g/mol. The predicted molar refractivity (Wildman–Crippen MR) is 72.6 cm³/mol. The molecule has 2 heterocycles. The minimum absolute atomic E-state index is 0.0938. The third-order valence-corrected chi connectivity index (χ3v) is 3.09. The summed E-state index contributed by atoms with van der Waals surface area (Å²) in [7, 11) is 0. The number of aromatic nitrogens is 4. The first-order chi connectivity index (χ1) is 11.2. The molecule has 0 saturated heterocycles. The van der Waals surface area contributed by atoms with Gasteiger partial charge in [0.1, 0.15) is 12.2 Å². The van der Waals surface area contributed by atoms with Crippen LogP contribution in [0.25, 0.3) is 0 Å². The number of anilines is 1. The van der Waals surface area contributed by atoms with Crippen molar-refractivity contribution < 1.29 is 26.7 Å². The molecule has 6 nitrogen and oxygen atoms in total. The average Bonchev–Trinajstić information content (AvgIpc) is 2.90. The Labute approximate surface area is 132 Å². The summed E-state index contributed by atoms with van der Waals surface area (Å²) in [5.41, 5.74) is -1.38. The number of carbonyl (C=O) groups excluding carboxylic acids is 1. The van der Waals surface area contributed by atoms with E-state index in [9.17, 15) is 26.7 Å². The lowest BCUT2D eigenvalue weighted by molar-refractivity contribution is -0.143. The Hall–Kier alpha value is -2.59. The summed E-state index contributed by atoms with van der Waals surface area (Å²) < 4.78 is 63.9. The Morgan fingerprint density at radius 2 is 2.00 bits per heavy atom. The summed E-state index contributed by atoms with van der Waals surface area (Å²) in [6, 6.07) is 1.43. The Morgan fingerprint density at radius 3 is 2.50 bits per heavy atom. The first-order valence-corrected chi connectivity index (χ1v) is 6.73. The largest absolute Gasteiger partial charge is 0.408 e. The molecule has 0 aliphatic carbocycles. The van der Waals surface area contributed by atoms with Crippen LogP contribution in [0.5, 0.6) is 0 Å². The number of hydrogen-bond acceptors (Lipinski definition) is 4. The fourth-order valence-corrected chi connectivity index (χ4v) is 2.12. The number of amides is 1. The number of carbonyl (C=O) groups is 1. The lowest BCUT2D eigenvalue weighted by atomic mass is 10.2. The molecule has 0 fully saturated rings. The van der Waals surface area contributed by atoms with Gasteiger partial charge in [-0.1, -0.05) is 0 Å². The van der Waals surface area contributed by atoms with Crippen molar-refractivity contribution >= 4 is 11.6 Å². The second-order valence-corrected chi connectivity index (χ2v) is 4.67. The molecule has 0 spiro atoms. The van der Waals surface area contributed by atoms with E-state index in [-0.39, 0.29) is 16.9 Å². The molecule has 24 heavy (non-hydrogen) atoms. The highest BCUT2D eigenvalue weighted by atomic mass is 19.4. The molecular weight excluding hydrogens is 337 g/mol. The van der Waals surface area contributed by atoms with Crippen molar-refractivity contribution in [2.24, 2.45) is 0 Å². The van der Waals surface area contributed by atoms with E-state index >= 15 is 0 Å². The van der Waals surface area contributed by atoms with Gasteiger partial charge in [0, 0.05) is 6.54 Å². The summed E-state index contributed by atoms with van der Waals surface area (Å²) >= 11 is 0. The number of rotatable bonds is 5. The molecule has 2 aromatic rings. The van der Waals surface area contributed by atoms with E-state index in [1.54, 1.807) is 6.92 Å². The van der Waals surface area contributed by atoms with E-state index in [2.05, 4.69) is 15.3 Å². The van der Waals surface area contributed by atoms with Gasteiger partial charge in [-0.05, 0) is 13.0 Å². The molecule has 0 aromatic carbocycles. The van der Waals surface area contributed by atoms with Crippen LogP contribution in [0.4, 0.5) is 27.6 Å². The van der Waals surface area contributed by atoms with Gasteiger partial charge in [-0.25, -0.2) is 8.78 Å². The number of halogens is 5. The van der Waals surface area contributed by atoms with Gasteiger partial charge in [0.2, 0.25) is 0 Å². The first kappa shape index (κ1) is 17.8. The van der Waals surface area contributed by atoms with Gasteiger partial charge in [-0.2, -0.15) is 28.5 Å². The van der Waals surface area contributed by atoms with E-state index in [1.807, 2.05) is 0 Å². The maximum atomic E-state index is 13.2. The topological polar surface area (TPSA) is 63.9 Å². The second kappa shape index (κ2) is 6.89. The molecule has 0 unspecified atom stereocenters. The van der Waals surface area contributed by atoms with Crippen LogP contribution in [0.1, 0.15) is 29.4 Å². The van der Waals surface area contributed by atoms with E-state index in [1.165, 1.54) is 18.5 Å². The second-order valence-electron chi connectivity index (χ2n) is 4.67. The predicted octanol–water partition coefficient (Wildman–Crippen LogP) is 2.84. The van der Waals surface area contributed by atoms with E-state index in [4.69, 9.17) is 0 Å². The fourth-order valence-electron chi connectivity index (χ4n) is 2.12. The van der Waals surface area contributed by atoms with Crippen LogP contribution < -0.4 is 4.90 Å². The van der Waals surface area contributed by atoms with Crippen molar-refractivity contribution in [1.29, 1.82) is 0 Å². The molecule has 1 amide bonds. The fraction of sp³-hybridized carbons (Fsp3) is 0.385. The van der Waals surface area contributed by atoms with Crippen LogP contribution in [-0.4, -0.2) is 38.6 Å². The molecule has 130 valence electrons. The summed E-state index contributed by atoms with van der Waals surface area (Å²) in [5, 5.41) is 10.4. The zero-order valence-corrected chi connectivity index (χ0v) is 12.3. The van der Waals surface area contributed by atoms with Gasteiger partial charge in [-0.15, -0.1) is 0 Å². The van der Waals surface area contributed by atoms with Crippen LogP contribution in [0, 0.1) is 0 Å². The van der Waals surface area contributed by atoms with E-state index in [0.717, 1.165) is 4.90 Å². The lowest BCUT2D eigenvalue weighted by Gasteiger charge is -2.20.